The first-order valence-corrected chi connectivity index (χ1v) is 26.9. The summed E-state index contributed by atoms with van der Waals surface area (Å²) in [5, 5.41) is 20.7. The van der Waals surface area contributed by atoms with E-state index in [0.29, 0.717) is 0 Å². The number of nitriles is 2. The van der Waals surface area contributed by atoms with Gasteiger partial charge in [0.15, 0.2) is 0 Å². The Hall–Kier alpha value is -1.48. The Bertz CT molecular complexity index is 1630. The average Bonchev–Trinajstić information content (AvgIpc) is 3.16. The van der Waals surface area contributed by atoms with Gasteiger partial charge < -0.3 is 35.1 Å². The molecule has 0 spiro atoms. The van der Waals surface area contributed by atoms with E-state index in [9.17, 15) is 50.4 Å². The van der Waals surface area contributed by atoms with Gasteiger partial charge in [-0.1, -0.05) is 72.8 Å². The van der Waals surface area contributed by atoms with Crippen LogP contribution in [0, 0.1) is 22.7 Å². The van der Waals surface area contributed by atoms with Crippen LogP contribution in [0.1, 0.15) is 20.3 Å². The molecule has 1 saturated heterocycles. The predicted molar refractivity (Wildman–Crippen MR) is 242 cm³/mol. The molecular weight excluding hydrogens is 1110 g/mol. The maximum Gasteiger partial charge on any atom is 2.00 e. The van der Waals surface area contributed by atoms with E-state index >= 15 is 0 Å². The van der Waals surface area contributed by atoms with Crippen molar-refractivity contribution in [3.63, 3.8) is 0 Å². The summed E-state index contributed by atoms with van der Waals surface area (Å²) in [5.74, 6) is 1.72. The molecular formula is C39H50F12N4NiP4PdS2+2. The fourth-order valence-electron chi connectivity index (χ4n) is 5.40. The van der Waals surface area contributed by atoms with E-state index in [1.807, 2.05) is 0 Å². The predicted octanol–water partition coefficient (Wildman–Crippen LogP) is 12.6. The molecule has 4 nitrogen and oxygen atoms in total. The fraction of sp³-hybridized carbons (Fsp3) is 0.333. The summed E-state index contributed by atoms with van der Waals surface area (Å²) in [4.78, 5) is 4.87. The molecule has 0 saturated carbocycles. The number of nitrogens with zero attached hydrogens (tertiary/aromatic N) is 4. The summed E-state index contributed by atoms with van der Waals surface area (Å²) < 4.78 is 118. The summed E-state index contributed by atoms with van der Waals surface area (Å²) in [5.41, 5.74) is 0. The van der Waals surface area contributed by atoms with Crippen LogP contribution < -0.4 is 21.2 Å². The average molecular weight is 1160 g/mol. The molecule has 0 N–H and O–H groups in total. The maximum atomic E-state index is 9.87. The third-order valence-corrected chi connectivity index (χ3v) is 13.8. The minimum Gasteiger partial charge on any atom is -0.791 e. The zero-order valence-electron chi connectivity index (χ0n) is 34.0. The number of piperazine rings is 1. The van der Waals surface area contributed by atoms with Crippen LogP contribution in [0.5, 0.6) is 0 Å². The number of rotatable bonds is 12. The second kappa shape index (κ2) is 29.3. The Balaban J connectivity index is -0.000000874. The summed E-state index contributed by atoms with van der Waals surface area (Å²) in [7, 11) is -22.8. The number of benzene rings is 4. The Labute approximate surface area is 400 Å². The van der Waals surface area contributed by atoms with Gasteiger partial charge >= 0.3 is 103 Å². The van der Waals surface area contributed by atoms with E-state index in [1.165, 1.54) is 80.0 Å². The second-order valence-electron chi connectivity index (χ2n) is 12.7. The summed E-state index contributed by atoms with van der Waals surface area (Å²) >= 11 is 9.88. The van der Waals surface area contributed by atoms with Gasteiger partial charge in [0.2, 0.25) is 0 Å². The molecule has 360 valence electrons. The van der Waals surface area contributed by atoms with Gasteiger partial charge in [0, 0.05) is 46.4 Å². The number of halogens is 12. The summed E-state index contributed by atoms with van der Waals surface area (Å²) in [6.45, 7) is 9.71. The first-order chi connectivity index (χ1) is 28.0. The number of hydrogen-bond donors (Lipinski definition) is 0. The molecule has 63 heavy (non-hydrogen) atoms. The molecule has 1 aliphatic rings. The smallest absolute Gasteiger partial charge is 0.791 e. The van der Waals surface area contributed by atoms with Crippen LogP contribution in [0.15, 0.2) is 121 Å². The van der Waals surface area contributed by atoms with Crippen molar-refractivity contribution in [2.45, 2.75) is 20.3 Å². The van der Waals surface area contributed by atoms with Gasteiger partial charge in [-0.25, -0.2) is 0 Å². The van der Waals surface area contributed by atoms with Crippen LogP contribution in [0.3, 0.4) is 0 Å². The van der Waals surface area contributed by atoms with Crippen molar-refractivity contribution in [3.8, 4) is 12.1 Å². The molecule has 1 fully saturated rings. The molecule has 1 heterocycles. The van der Waals surface area contributed by atoms with Crippen LogP contribution in [0.4, 0.5) is 50.4 Å². The fourth-order valence-corrected chi connectivity index (χ4v) is 11.5. The molecule has 4 aromatic rings. The summed E-state index contributed by atoms with van der Waals surface area (Å²) in [6.07, 6.45) is 3.84. The molecule has 0 radical (unpaired) electrons. The third-order valence-electron chi connectivity index (χ3n) is 7.62. The van der Waals surface area contributed by atoms with Crippen molar-refractivity contribution >= 4 is 77.9 Å². The van der Waals surface area contributed by atoms with Crippen molar-refractivity contribution in [1.29, 1.82) is 10.5 Å². The molecule has 0 unspecified atom stereocenters. The largest absolute Gasteiger partial charge is 2.00 e. The van der Waals surface area contributed by atoms with Crippen LogP contribution in [-0.2, 0) is 62.2 Å². The van der Waals surface area contributed by atoms with Crippen LogP contribution in [0.2, 0.25) is 0 Å². The molecule has 0 aromatic heterocycles. The minimum absolute atomic E-state index is 0. The van der Waals surface area contributed by atoms with Crippen molar-refractivity contribution in [2.75, 3.05) is 63.1 Å². The monoisotopic (exact) mass is 1150 g/mol. The topological polar surface area (TPSA) is 54.1 Å². The van der Waals surface area contributed by atoms with Crippen molar-refractivity contribution < 1.29 is 87.3 Å². The second-order valence-corrected chi connectivity index (χ2v) is 22.6. The minimum atomic E-state index is -10.7. The third kappa shape index (κ3) is 44.1. The van der Waals surface area contributed by atoms with E-state index in [-0.39, 0.29) is 36.9 Å². The Morgan fingerprint density at radius 3 is 0.810 bits per heavy atom. The zero-order chi connectivity index (χ0) is 46.8. The van der Waals surface area contributed by atoms with Crippen molar-refractivity contribution in [2.24, 2.45) is 0 Å². The van der Waals surface area contributed by atoms with Gasteiger partial charge in [-0.05, 0) is 61.6 Å². The molecule has 1 aliphatic heterocycles. The van der Waals surface area contributed by atoms with Crippen LogP contribution in [0.25, 0.3) is 0 Å². The molecule has 24 heteroatoms. The van der Waals surface area contributed by atoms with Gasteiger partial charge in [0.1, 0.15) is 0 Å². The van der Waals surface area contributed by atoms with E-state index in [0.717, 1.165) is 24.6 Å². The van der Waals surface area contributed by atoms with Crippen molar-refractivity contribution in [3.05, 3.63) is 121 Å². The van der Waals surface area contributed by atoms with Gasteiger partial charge in [0.05, 0.1) is 61.5 Å². The van der Waals surface area contributed by atoms with E-state index in [2.05, 4.69) is 131 Å². The Morgan fingerprint density at radius 2 is 0.651 bits per heavy atom. The van der Waals surface area contributed by atoms with Gasteiger partial charge in [-0.3, -0.25) is 0 Å². The first kappa shape index (κ1) is 65.8. The van der Waals surface area contributed by atoms with Crippen LogP contribution >= 0.6 is 31.5 Å². The van der Waals surface area contributed by atoms with E-state index < -0.39 is 31.5 Å². The molecule has 0 atom stereocenters. The SMILES string of the molecule is CC#N.CC#N.F[P-](F)(F)(F)(F)F.F[P-](F)(F)(F)(F)F.[Ni+2].[Pd+2].[S-]CCN1CCN(CC[S-])CC1.c1ccc([PH+](CCC[PH+](c2ccccc2)c2ccccc2)c2ccccc2)cc1. The normalized spacial score (nSPS) is 14.6. The molecule has 0 bridgehead atoms. The Kier molecular flexibility index (Phi) is 30.6. The molecule has 0 amide bonds. The molecule has 0 aliphatic carbocycles. The van der Waals surface area contributed by atoms with Gasteiger partial charge in [-0.15, -0.1) is 0 Å². The maximum absolute atomic E-state index is 10.7. The summed E-state index contributed by atoms with van der Waals surface area (Å²) in [6, 6.07) is 48.1. The quantitative estimate of drug-likeness (QED) is 0.0610. The number of hydrogen-bond acceptors (Lipinski definition) is 6. The molecule has 5 rings (SSSR count). The first-order valence-electron chi connectivity index (χ1n) is 18.3. The van der Waals surface area contributed by atoms with Crippen molar-refractivity contribution in [1.82, 2.24) is 9.80 Å². The Morgan fingerprint density at radius 1 is 0.476 bits per heavy atom. The van der Waals surface area contributed by atoms with E-state index in [1.54, 1.807) is 12.1 Å². The van der Waals surface area contributed by atoms with E-state index in [4.69, 9.17) is 35.8 Å². The standard InChI is InChI=1S/C27H26P2.C8H18N2S2.2C2H3N.2F6P.Ni.Pd/c1-5-14-24(15-6-1)28(25-16-7-2-8-17-25)22-13-23-29(26-18-9-3-10-19-26)27-20-11-4-12-21-27;11-7-5-9-1-2-10(4-3-9)6-8-12;2*1-2-3;2*1-7(2,3,4,5)6;;/h1-12,14-21H,13,22-23H2;11-12H,1-8H2;2*1H3;;;;/q;;;;2*-1;2*+2. The van der Waals surface area contributed by atoms with Gasteiger partial charge in [0.25, 0.3) is 0 Å². The van der Waals surface area contributed by atoms with Crippen LogP contribution in [-0.4, -0.2) is 72.9 Å². The molecule has 4 aromatic carbocycles. The zero-order valence-corrected chi connectivity index (χ0v) is 42.0. The van der Waals surface area contributed by atoms with Gasteiger partial charge in [-0.2, -0.15) is 22.0 Å².